The first-order valence-electron chi connectivity index (χ1n) is 12.2. The van der Waals surface area contributed by atoms with Gasteiger partial charge in [0.25, 0.3) is 0 Å². The van der Waals surface area contributed by atoms with Crippen LogP contribution in [0, 0.1) is 11.8 Å². The van der Waals surface area contributed by atoms with Gasteiger partial charge >= 0.3 is 12.1 Å². The smallest absolute Gasteiger partial charge is 0.392 e. The largest absolute Gasteiger partial charge is 0.481 e. The van der Waals surface area contributed by atoms with E-state index in [9.17, 15) is 27.9 Å². The minimum absolute atomic E-state index is 0.0858. The van der Waals surface area contributed by atoms with Gasteiger partial charge < -0.3 is 15.2 Å². The van der Waals surface area contributed by atoms with Gasteiger partial charge in [0.2, 0.25) is 5.91 Å². The highest BCUT2D eigenvalue weighted by Gasteiger charge is 2.51. The van der Waals surface area contributed by atoms with Crippen LogP contribution in [0.15, 0.2) is 72.8 Å². The molecule has 39 heavy (non-hydrogen) atoms. The number of carboxylic acids is 1. The van der Waals surface area contributed by atoms with E-state index in [0.717, 1.165) is 12.5 Å². The van der Waals surface area contributed by atoms with Gasteiger partial charge in [0.05, 0.1) is 47.1 Å². The standard InChI is InChI=1S/C29H26Cl2F3NO4/c1-17(29(32,33)34)25(19-7-10-21(30)11-8-19)26(36)35-24-14-20(9-12-23(24)31)28(15-39-16-28)22(27(37)38)13-18-5-3-2-4-6-18/h2-12,14,17,22,25H,13,15-16H2,1H3,(H,35,36)(H,37,38)/t17-,22?,25+/m1/s1. The van der Waals surface area contributed by atoms with Crippen LogP contribution in [-0.2, 0) is 26.2 Å². The fourth-order valence-electron chi connectivity index (χ4n) is 4.93. The molecule has 3 aromatic rings. The minimum Gasteiger partial charge on any atom is -0.481 e. The molecule has 1 fully saturated rings. The summed E-state index contributed by atoms with van der Waals surface area (Å²) in [5.41, 5.74) is 0.712. The lowest BCUT2D eigenvalue weighted by Crippen LogP contribution is -2.55. The van der Waals surface area contributed by atoms with E-state index in [1.54, 1.807) is 6.07 Å². The first-order valence-corrected chi connectivity index (χ1v) is 13.0. The fraction of sp³-hybridized carbons (Fsp3) is 0.310. The predicted molar refractivity (Wildman–Crippen MR) is 143 cm³/mol. The van der Waals surface area contributed by atoms with Gasteiger partial charge in [-0.2, -0.15) is 13.2 Å². The van der Waals surface area contributed by atoms with Crippen LogP contribution >= 0.6 is 23.2 Å². The van der Waals surface area contributed by atoms with Crippen molar-refractivity contribution in [2.24, 2.45) is 11.8 Å². The zero-order valence-corrected chi connectivity index (χ0v) is 22.4. The summed E-state index contributed by atoms with van der Waals surface area (Å²) < 4.78 is 46.7. The molecule has 0 spiro atoms. The Morgan fingerprint density at radius 3 is 2.21 bits per heavy atom. The van der Waals surface area contributed by atoms with Crippen LogP contribution in [0.5, 0.6) is 0 Å². The molecule has 10 heteroatoms. The summed E-state index contributed by atoms with van der Waals surface area (Å²) in [6, 6.07) is 19.5. The highest BCUT2D eigenvalue weighted by Crippen LogP contribution is 2.44. The molecule has 0 bridgehead atoms. The van der Waals surface area contributed by atoms with E-state index in [1.165, 1.54) is 36.4 Å². The molecule has 0 aliphatic carbocycles. The molecule has 0 saturated carbocycles. The summed E-state index contributed by atoms with van der Waals surface area (Å²) in [6.07, 6.45) is -4.40. The molecule has 1 unspecified atom stereocenters. The Morgan fingerprint density at radius 2 is 1.67 bits per heavy atom. The number of carboxylic acid groups (broad SMARTS) is 1. The lowest BCUT2D eigenvalue weighted by atomic mass is 9.66. The molecule has 5 nitrogen and oxygen atoms in total. The first-order chi connectivity index (χ1) is 18.4. The molecule has 1 aliphatic heterocycles. The summed E-state index contributed by atoms with van der Waals surface area (Å²) in [5.74, 6) is -6.35. The second-order valence-corrected chi connectivity index (χ2v) is 10.6. The van der Waals surface area contributed by atoms with E-state index in [0.29, 0.717) is 10.6 Å². The number of ether oxygens (including phenoxy) is 1. The maximum Gasteiger partial charge on any atom is 0.392 e. The quantitative estimate of drug-likeness (QED) is 0.283. The van der Waals surface area contributed by atoms with Crippen LogP contribution in [0.25, 0.3) is 0 Å². The van der Waals surface area contributed by atoms with Crippen molar-refractivity contribution in [1.82, 2.24) is 0 Å². The second kappa shape index (κ2) is 11.6. The molecule has 1 saturated heterocycles. The molecule has 206 valence electrons. The maximum atomic E-state index is 13.8. The number of hydrogen-bond donors (Lipinski definition) is 2. The Hall–Kier alpha value is -3.07. The molecule has 3 atom stereocenters. The number of benzene rings is 3. The third-order valence-corrected chi connectivity index (χ3v) is 7.88. The van der Waals surface area contributed by atoms with Crippen molar-refractivity contribution >= 4 is 40.8 Å². The Labute approximate surface area is 233 Å². The summed E-state index contributed by atoms with van der Waals surface area (Å²) >= 11 is 12.3. The van der Waals surface area contributed by atoms with Gasteiger partial charge in [-0.05, 0) is 47.4 Å². The zero-order chi connectivity index (χ0) is 28.4. The summed E-state index contributed by atoms with van der Waals surface area (Å²) in [5, 5.41) is 13.1. The Balaban J connectivity index is 1.67. The van der Waals surface area contributed by atoms with E-state index >= 15 is 0 Å². The summed E-state index contributed by atoms with van der Waals surface area (Å²) in [6.45, 7) is 1.20. The summed E-state index contributed by atoms with van der Waals surface area (Å²) in [4.78, 5) is 25.8. The van der Waals surface area contributed by atoms with E-state index in [4.69, 9.17) is 27.9 Å². The lowest BCUT2D eigenvalue weighted by Gasteiger charge is -2.46. The van der Waals surface area contributed by atoms with Crippen molar-refractivity contribution < 1.29 is 32.6 Å². The lowest BCUT2D eigenvalue weighted by molar-refractivity contribution is -0.178. The van der Waals surface area contributed by atoms with Crippen LogP contribution < -0.4 is 5.32 Å². The third-order valence-electron chi connectivity index (χ3n) is 7.29. The van der Waals surface area contributed by atoms with E-state index in [1.807, 2.05) is 30.3 Å². The number of carbonyl (C=O) groups excluding carboxylic acids is 1. The molecular weight excluding hydrogens is 554 g/mol. The maximum absolute atomic E-state index is 13.8. The van der Waals surface area contributed by atoms with Gasteiger partial charge in [-0.15, -0.1) is 0 Å². The SMILES string of the molecule is C[C@H]([C@H](C(=O)Nc1cc(C2(C(Cc3ccccc3)C(=O)O)COC2)ccc1Cl)c1ccc(Cl)cc1)C(F)(F)F. The number of aliphatic carboxylic acids is 1. The Morgan fingerprint density at radius 1 is 1.03 bits per heavy atom. The fourth-order valence-corrected chi connectivity index (χ4v) is 5.22. The molecule has 0 radical (unpaired) electrons. The highest BCUT2D eigenvalue weighted by atomic mass is 35.5. The number of hydrogen-bond acceptors (Lipinski definition) is 3. The van der Waals surface area contributed by atoms with Crippen LogP contribution in [0.1, 0.15) is 29.5 Å². The highest BCUT2D eigenvalue weighted by molar-refractivity contribution is 6.33. The van der Waals surface area contributed by atoms with E-state index < -0.39 is 41.2 Å². The topological polar surface area (TPSA) is 75.6 Å². The van der Waals surface area contributed by atoms with Gasteiger partial charge in [0, 0.05) is 5.02 Å². The first kappa shape index (κ1) is 28.9. The minimum atomic E-state index is -4.65. The van der Waals surface area contributed by atoms with Gasteiger partial charge in [0.15, 0.2) is 0 Å². The molecule has 4 rings (SSSR count). The van der Waals surface area contributed by atoms with Crippen LogP contribution in [0.4, 0.5) is 18.9 Å². The van der Waals surface area contributed by atoms with Crippen molar-refractivity contribution in [2.75, 3.05) is 18.5 Å². The van der Waals surface area contributed by atoms with Crippen molar-refractivity contribution in [2.45, 2.75) is 30.9 Å². The van der Waals surface area contributed by atoms with Gasteiger partial charge in [0.1, 0.15) is 0 Å². The number of nitrogens with one attached hydrogen (secondary N) is 1. The van der Waals surface area contributed by atoms with Crippen molar-refractivity contribution in [1.29, 1.82) is 0 Å². The average molecular weight is 580 g/mol. The number of halogens is 5. The Kier molecular flexibility index (Phi) is 8.59. The molecule has 1 aliphatic rings. The number of alkyl halides is 3. The molecule has 3 aromatic carbocycles. The molecular formula is C29H26Cl2F3NO4. The number of carbonyl (C=O) groups is 2. The normalized spacial score (nSPS) is 17.0. The number of rotatable bonds is 9. The van der Waals surface area contributed by atoms with Gasteiger partial charge in [-0.1, -0.05) is 78.7 Å². The number of anilines is 1. The van der Waals surface area contributed by atoms with Gasteiger partial charge in [-0.3, -0.25) is 9.59 Å². The second-order valence-electron chi connectivity index (χ2n) is 9.77. The van der Waals surface area contributed by atoms with Gasteiger partial charge in [-0.25, -0.2) is 0 Å². The monoisotopic (exact) mass is 579 g/mol. The summed E-state index contributed by atoms with van der Waals surface area (Å²) in [7, 11) is 0. The van der Waals surface area contributed by atoms with Crippen molar-refractivity contribution in [3.63, 3.8) is 0 Å². The van der Waals surface area contributed by atoms with Crippen molar-refractivity contribution in [3.8, 4) is 0 Å². The Bertz CT molecular complexity index is 1330. The molecule has 1 heterocycles. The predicted octanol–water partition coefficient (Wildman–Crippen LogP) is 7.13. The van der Waals surface area contributed by atoms with E-state index in [2.05, 4.69) is 5.32 Å². The molecule has 2 N–H and O–H groups in total. The van der Waals surface area contributed by atoms with Crippen LogP contribution in [-0.4, -0.2) is 36.4 Å². The number of amides is 1. The molecule has 1 amide bonds. The molecule has 0 aromatic heterocycles. The van der Waals surface area contributed by atoms with E-state index in [-0.39, 0.29) is 35.9 Å². The van der Waals surface area contributed by atoms with Crippen molar-refractivity contribution in [3.05, 3.63) is 99.5 Å². The third kappa shape index (κ3) is 6.24. The average Bonchev–Trinajstić information content (AvgIpc) is 2.86. The zero-order valence-electron chi connectivity index (χ0n) is 20.8. The van der Waals surface area contributed by atoms with Crippen LogP contribution in [0.3, 0.4) is 0 Å². The van der Waals surface area contributed by atoms with Crippen LogP contribution in [0.2, 0.25) is 10.0 Å².